The van der Waals surface area contributed by atoms with Gasteiger partial charge in [0.05, 0.1) is 18.7 Å². The summed E-state index contributed by atoms with van der Waals surface area (Å²) in [6.07, 6.45) is 0.585. The van der Waals surface area contributed by atoms with Crippen LogP contribution in [0.4, 0.5) is 4.79 Å². The number of ether oxygens (including phenoxy) is 1. The molecule has 5 heteroatoms. The first-order chi connectivity index (χ1) is 11.7. The Bertz CT molecular complexity index is 703. The molecule has 0 spiro atoms. The molecule has 2 atom stereocenters. The van der Waals surface area contributed by atoms with Crippen molar-refractivity contribution in [2.45, 2.75) is 25.4 Å². The normalized spacial score (nSPS) is 16.8. The van der Waals surface area contributed by atoms with Gasteiger partial charge in [0, 0.05) is 5.56 Å². The van der Waals surface area contributed by atoms with E-state index < -0.39 is 0 Å². The minimum atomic E-state index is -0.327. The lowest BCUT2D eigenvalue weighted by atomic mass is 10.1. The summed E-state index contributed by atoms with van der Waals surface area (Å²) in [5.74, 6) is 0.814. The molecule has 0 fully saturated rings. The molecule has 2 aromatic rings. The van der Waals surface area contributed by atoms with E-state index in [1.807, 2.05) is 55.5 Å². The van der Waals surface area contributed by atoms with E-state index in [1.54, 1.807) is 0 Å². The summed E-state index contributed by atoms with van der Waals surface area (Å²) in [5.41, 5.74) is 3.19. The molecule has 1 heterocycles. The average Bonchev–Trinajstić information content (AvgIpc) is 2.97. The number of carbonyl (C=O) groups excluding carboxylic acids is 1. The molecule has 1 aliphatic rings. The first-order valence-corrected chi connectivity index (χ1v) is 8.11. The number of hydrogen-bond acceptors (Lipinski definition) is 3. The van der Waals surface area contributed by atoms with Crippen molar-refractivity contribution in [3.8, 4) is 5.75 Å². The number of urea groups is 1. The maximum absolute atomic E-state index is 12.3. The van der Waals surface area contributed by atoms with E-state index in [2.05, 4.69) is 10.6 Å². The number of nitrogens with one attached hydrogen (secondary N) is 2. The van der Waals surface area contributed by atoms with Crippen molar-refractivity contribution in [2.24, 2.45) is 0 Å². The summed E-state index contributed by atoms with van der Waals surface area (Å²) in [6, 6.07) is 14.9. The van der Waals surface area contributed by atoms with Gasteiger partial charge in [-0.15, -0.1) is 0 Å². The number of rotatable bonds is 5. The summed E-state index contributed by atoms with van der Waals surface area (Å²) in [6.45, 7) is 2.32. The van der Waals surface area contributed by atoms with Crippen molar-refractivity contribution in [1.82, 2.24) is 10.6 Å². The Balaban J connectivity index is 1.59. The predicted octanol–water partition coefficient (Wildman–Crippen LogP) is 2.33. The third-order valence-corrected chi connectivity index (χ3v) is 4.13. The monoisotopic (exact) mass is 326 g/mol. The highest BCUT2D eigenvalue weighted by atomic mass is 16.5. The van der Waals surface area contributed by atoms with Crippen LogP contribution in [0, 0.1) is 6.92 Å². The van der Waals surface area contributed by atoms with Gasteiger partial charge in [0.1, 0.15) is 12.4 Å². The second-order valence-electron chi connectivity index (χ2n) is 6.09. The maximum Gasteiger partial charge on any atom is 0.315 e. The fraction of sp³-hybridized carbons (Fsp3) is 0.316. The van der Waals surface area contributed by atoms with Crippen molar-refractivity contribution in [1.29, 1.82) is 0 Å². The van der Waals surface area contributed by atoms with Crippen LogP contribution >= 0.6 is 0 Å². The van der Waals surface area contributed by atoms with Gasteiger partial charge in [0.15, 0.2) is 0 Å². The van der Waals surface area contributed by atoms with Gasteiger partial charge in [-0.1, -0.05) is 48.0 Å². The summed E-state index contributed by atoms with van der Waals surface area (Å²) in [4.78, 5) is 12.3. The van der Waals surface area contributed by atoms with E-state index in [0.29, 0.717) is 13.0 Å². The number of benzene rings is 2. The third kappa shape index (κ3) is 3.86. The van der Waals surface area contributed by atoms with Crippen LogP contribution in [0.3, 0.4) is 0 Å². The molecule has 0 saturated carbocycles. The number of aryl methyl sites for hydroxylation is 1. The average molecular weight is 326 g/mol. The van der Waals surface area contributed by atoms with Gasteiger partial charge >= 0.3 is 6.03 Å². The van der Waals surface area contributed by atoms with Gasteiger partial charge < -0.3 is 20.5 Å². The Kier molecular flexibility index (Phi) is 5.01. The van der Waals surface area contributed by atoms with Crippen molar-refractivity contribution in [3.63, 3.8) is 0 Å². The fourth-order valence-electron chi connectivity index (χ4n) is 2.90. The Hall–Kier alpha value is -2.53. The second kappa shape index (κ2) is 7.36. The van der Waals surface area contributed by atoms with Crippen LogP contribution in [-0.4, -0.2) is 30.4 Å². The molecule has 24 heavy (non-hydrogen) atoms. The topological polar surface area (TPSA) is 70.6 Å². The van der Waals surface area contributed by atoms with E-state index in [0.717, 1.165) is 22.4 Å². The van der Waals surface area contributed by atoms with Gasteiger partial charge in [-0.25, -0.2) is 4.79 Å². The summed E-state index contributed by atoms with van der Waals surface area (Å²) in [5, 5.41) is 15.3. The number of carbonyl (C=O) groups is 1. The summed E-state index contributed by atoms with van der Waals surface area (Å²) in [7, 11) is 0. The Morgan fingerprint density at radius 3 is 2.83 bits per heavy atom. The SMILES string of the molecule is Cc1ccc2c(c1)[C@H](NC(=O)N[C@H](CO)Cc1ccccc1)CO2. The van der Waals surface area contributed by atoms with Gasteiger partial charge in [-0.3, -0.25) is 0 Å². The van der Waals surface area contributed by atoms with Crippen LogP contribution in [0.5, 0.6) is 5.75 Å². The summed E-state index contributed by atoms with van der Waals surface area (Å²) < 4.78 is 5.60. The highest BCUT2D eigenvalue weighted by Gasteiger charge is 2.26. The van der Waals surface area contributed by atoms with E-state index in [4.69, 9.17) is 4.74 Å². The van der Waals surface area contributed by atoms with E-state index in [9.17, 15) is 9.90 Å². The molecule has 5 nitrogen and oxygen atoms in total. The third-order valence-electron chi connectivity index (χ3n) is 4.13. The molecule has 3 N–H and O–H groups in total. The standard InChI is InChI=1S/C19H22N2O3/c1-13-7-8-18-16(9-13)17(12-24-18)21-19(23)20-15(11-22)10-14-5-3-2-4-6-14/h2-9,15,17,22H,10-12H2,1H3,(H2,20,21,23)/t15-,17+/m0/s1. The molecular formula is C19H22N2O3. The molecule has 0 radical (unpaired) electrons. The number of aliphatic hydroxyl groups is 1. The van der Waals surface area contributed by atoms with E-state index in [-0.39, 0.29) is 24.7 Å². The Morgan fingerprint density at radius 1 is 1.29 bits per heavy atom. The second-order valence-corrected chi connectivity index (χ2v) is 6.09. The van der Waals surface area contributed by atoms with Crippen LogP contribution in [-0.2, 0) is 6.42 Å². The largest absolute Gasteiger partial charge is 0.491 e. The minimum absolute atomic E-state index is 0.112. The highest BCUT2D eigenvalue weighted by molar-refractivity contribution is 5.75. The van der Waals surface area contributed by atoms with Gasteiger partial charge in [0.25, 0.3) is 0 Å². The molecule has 1 aliphatic heterocycles. The van der Waals surface area contributed by atoms with Crippen LogP contribution in [0.2, 0.25) is 0 Å². The molecule has 2 aromatic carbocycles. The number of aliphatic hydroxyl groups excluding tert-OH is 1. The van der Waals surface area contributed by atoms with E-state index in [1.165, 1.54) is 0 Å². The Morgan fingerprint density at radius 2 is 2.08 bits per heavy atom. The lowest BCUT2D eigenvalue weighted by Crippen LogP contribution is -2.46. The molecule has 0 bridgehead atoms. The van der Waals surface area contributed by atoms with Gasteiger partial charge in [-0.2, -0.15) is 0 Å². The van der Waals surface area contributed by atoms with Crippen molar-refractivity contribution in [3.05, 3.63) is 65.2 Å². The van der Waals surface area contributed by atoms with Crippen LogP contribution in [0.25, 0.3) is 0 Å². The van der Waals surface area contributed by atoms with Crippen LogP contribution in [0.15, 0.2) is 48.5 Å². The molecule has 0 unspecified atom stereocenters. The van der Waals surface area contributed by atoms with Crippen molar-refractivity contribution < 1.29 is 14.6 Å². The number of fused-ring (bicyclic) bond motifs is 1. The zero-order valence-electron chi connectivity index (χ0n) is 13.7. The highest BCUT2D eigenvalue weighted by Crippen LogP contribution is 2.32. The minimum Gasteiger partial charge on any atom is -0.491 e. The molecule has 0 aromatic heterocycles. The molecule has 3 rings (SSSR count). The molecule has 0 saturated heterocycles. The maximum atomic E-state index is 12.3. The number of amides is 2. The van der Waals surface area contributed by atoms with Crippen molar-refractivity contribution in [2.75, 3.05) is 13.2 Å². The van der Waals surface area contributed by atoms with Gasteiger partial charge in [-0.05, 0) is 25.0 Å². The van der Waals surface area contributed by atoms with Crippen molar-refractivity contribution >= 4 is 6.03 Å². The molecule has 0 aliphatic carbocycles. The first-order valence-electron chi connectivity index (χ1n) is 8.11. The van der Waals surface area contributed by atoms with Crippen LogP contribution < -0.4 is 15.4 Å². The van der Waals surface area contributed by atoms with Crippen LogP contribution in [0.1, 0.15) is 22.7 Å². The first kappa shape index (κ1) is 16.3. The lowest BCUT2D eigenvalue weighted by molar-refractivity contribution is 0.210. The predicted molar refractivity (Wildman–Crippen MR) is 92.1 cm³/mol. The zero-order chi connectivity index (χ0) is 16.9. The fourth-order valence-corrected chi connectivity index (χ4v) is 2.90. The number of hydrogen-bond donors (Lipinski definition) is 3. The molecular weight excluding hydrogens is 304 g/mol. The zero-order valence-corrected chi connectivity index (χ0v) is 13.7. The Labute approximate surface area is 141 Å². The van der Waals surface area contributed by atoms with Gasteiger partial charge in [0.2, 0.25) is 0 Å². The lowest BCUT2D eigenvalue weighted by Gasteiger charge is -2.19. The summed E-state index contributed by atoms with van der Waals surface area (Å²) >= 11 is 0. The smallest absolute Gasteiger partial charge is 0.315 e. The molecule has 2 amide bonds. The quantitative estimate of drug-likeness (QED) is 0.790. The van der Waals surface area contributed by atoms with E-state index >= 15 is 0 Å². The molecule has 126 valence electrons.